The maximum atomic E-state index is 13.8. The molecule has 0 saturated heterocycles. The molecular formula is C16H16BrFN2O2. The van der Waals surface area contributed by atoms with Crippen molar-refractivity contribution in [2.24, 2.45) is 0 Å². The van der Waals surface area contributed by atoms with Gasteiger partial charge in [-0.05, 0) is 40.5 Å². The van der Waals surface area contributed by atoms with Crippen LogP contribution < -0.4 is 10.1 Å². The van der Waals surface area contributed by atoms with E-state index in [1.807, 2.05) is 13.0 Å². The summed E-state index contributed by atoms with van der Waals surface area (Å²) >= 11 is 3.11. The van der Waals surface area contributed by atoms with Crippen LogP contribution in [-0.4, -0.2) is 17.5 Å². The third-order valence-electron chi connectivity index (χ3n) is 2.99. The van der Waals surface area contributed by atoms with Gasteiger partial charge in [0.15, 0.2) is 0 Å². The van der Waals surface area contributed by atoms with Gasteiger partial charge < -0.3 is 10.1 Å². The Labute approximate surface area is 136 Å². The molecule has 0 spiro atoms. The molecule has 0 saturated carbocycles. The Morgan fingerprint density at radius 2 is 2.09 bits per heavy atom. The van der Waals surface area contributed by atoms with E-state index in [1.54, 1.807) is 30.5 Å². The van der Waals surface area contributed by atoms with Crippen LogP contribution in [0.3, 0.4) is 0 Å². The van der Waals surface area contributed by atoms with E-state index in [2.05, 4.69) is 26.2 Å². The van der Waals surface area contributed by atoms with Gasteiger partial charge in [-0.15, -0.1) is 0 Å². The SMILES string of the molecule is CCOc1ncccc1CNC(=O)Cc1cccc(Br)c1F. The van der Waals surface area contributed by atoms with Gasteiger partial charge >= 0.3 is 0 Å². The minimum Gasteiger partial charge on any atom is -0.478 e. The quantitative estimate of drug-likeness (QED) is 0.853. The zero-order valence-corrected chi connectivity index (χ0v) is 13.7. The highest BCUT2D eigenvalue weighted by molar-refractivity contribution is 9.10. The maximum Gasteiger partial charge on any atom is 0.224 e. The number of carbonyl (C=O) groups is 1. The minimum absolute atomic E-state index is 0.0183. The number of hydrogen-bond donors (Lipinski definition) is 1. The van der Waals surface area contributed by atoms with Gasteiger partial charge in [-0.2, -0.15) is 0 Å². The van der Waals surface area contributed by atoms with E-state index in [4.69, 9.17) is 4.74 Å². The minimum atomic E-state index is -0.408. The molecule has 1 heterocycles. The zero-order chi connectivity index (χ0) is 15.9. The second-order valence-electron chi connectivity index (χ2n) is 4.57. The predicted octanol–water partition coefficient (Wildman–Crippen LogP) is 3.24. The molecule has 1 amide bonds. The molecule has 1 aromatic heterocycles. The lowest BCUT2D eigenvalue weighted by molar-refractivity contribution is -0.120. The number of aromatic nitrogens is 1. The largest absolute Gasteiger partial charge is 0.478 e. The van der Waals surface area contributed by atoms with Crippen molar-refractivity contribution in [3.05, 3.63) is 57.9 Å². The van der Waals surface area contributed by atoms with Crippen molar-refractivity contribution in [2.45, 2.75) is 19.9 Å². The summed E-state index contributed by atoms with van der Waals surface area (Å²) in [4.78, 5) is 16.1. The summed E-state index contributed by atoms with van der Waals surface area (Å²) in [6, 6.07) is 8.50. The molecule has 0 bridgehead atoms. The van der Waals surface area contributed by atoms with Crippen LogP contribution >= 0.6 is 15.9 Å². The molecule has 0 unspecified atom stereocenters. The normalized spacial score (nSPS) is 10.3. The fourth-order valence-corrected chi connectivity index (χ4v) is 2.35. The number of benzene rings is 1. The third-order valence-corrected chi connectivity index (χ3v) is 3.60. The van der Waals surface area contributed by atoms with Crippen molar-refractivity contribution in [3.8, 4) is 5.88 Å². The van der Waals surface area contributed by atoms with Crippen LogP contribution in [0.15, 0.2) is 41.0 Å². The van der Waals surface area contributed by atoms with Gasteiger partial charge in [0.25, 0.3) is 0 Å². The summed E-state index contributed by atoms with van der Waals surface area (Å²) in [5.74, 6) is -0.170. The molecule has 22 heavy (non-hydrogen) atoms. The number of nitrogens with zero attached hydrogens (tertiary/aromatic N) is 1. The van der Waals surface area contributed by atoms with Crippen molar-refractivity contribution in [2.75, 3.05) is 6.61 Å². The molecule has 0 aliphatic carbocycles. The summed E-state index contributed by atoms with van der Waals surface area (Å²) < 4.78 is 19.6. The Morgan fingerprint density at radius 3 is 2.86 bits per heavy atom. The molecule has 6 heteroatoms. The Kier molecular flexibility index (Phi) is 5.89. The van der Waals surface area contributed by atoms with Crippen molar-refractivity contribution >= 4 is 21.8 Å². The Balaban J connectivity index is 1.97. The first kappa shape index (κ1) is 16.4. The number of pyridine rings is 1. The third kappa shape index (κ3) is 4.27. The Bertz CT molecular complexity index is 664. The molecule has 0 fully saturated rings. The topological polar surface area (TPSA) is 51.2 Å². The average Bonchev–Trinajstić information content (AvgIpc) is 2.51. The van der Waals surface area contributed by atoms with Crippen molar-refractivity contribution < 1.29 is 13.9 Å². The summed E-state index contributed by atoms with van der Waals surface area (Å²) in [6.45, 7) is 2.66. The van der Waals surface area contributed by atoms with Crippen molar-refractivity contribution in [3.63, 3.8) is 0 Å². The lowest BCUT2D eigenvalue weighted by Gasteiger charge is -2.10. The lowest BCUT2D eigenvalue weighted by atomic mass is 10.1. The summed E-state index contributed by atoms with van der Waals surface area (Å²) in [5, 5.41) is 2.75. The standard InChI is InChI=1S/C16H16BrFN2O2/c1-2-22-16-12(6-4-8-19-16)10-20-14(21)9-11-5-3-7-13(17)15(11)18/h3-8H,2,9-10H2,1H3,(H,20,21). The molecule has 0 radical (unpaired) electrons. The van der Waals surface area contributed by atoms with E-state index in [9.17, 15) is 9.18 Å². The van der Waals surface area contributed by atoms with E-state index in [0.29, 0.717) is 22.5 Å². The Morgan fingerprint density at radius 1 is 1.32 bits per heavy atom. The number of halogens is 2. The highest BCUT2D eigenvalue weighted by atomic mass is 79.9. The maximum absolute atomic E-state index is 13.8. The molecule has 1 N–H and O–H groups in total. The number of rotatable bonds is 6. The van der Waals surface area contributed by atoms with Gasteiger partial charge in [0, 0.05) is 18.3 Å². The van der Waals surface area contributed by atoms with Crippen LogP contribution in [-0.2, 0) is 17.8 Å². The first-order chi connectivity index (χ1) is 10.6. The highest BCUT2D eigenvalue weighted by Crippen LogP contribution is 2.19. The smallest absolute Gasteiger partial charge is 0.224 e. The average molecular weight is 367 g/mol. The van der Waals surface area contributed by atoms with Crippen LogP contribution in [0.1, 0.15) is 18.1 Å². The van der Waals surface area contributed by atoms with Crippen LogP contribution in [0.5, 0.6) is 5.88 Å². The van der Waals surface area contributed by atoms with E-state index in [-0.39, 0.29) is 18.9 Å². The zero-order valence-electron chi connectivity index (χ0n) is 12.1. The van der Waals surface area contributed by atoms with E-state index >= 15 is 0 Å². The molecule has 0 aliphatic heterocycles. The summed E-state index contributed by atoms with van der Waals surface area (Å²) in [7, 11) is 0. The first-order valence-corrected chi connectivity index (χ1v) is 7.67. The second-order valence-corrected chi connectivity index (χ2v) is 5.42. The number of nitrogens with one attached hydrogen (secondary N) is 1. The van der Waals surface area contributed by atoms with Gasteiger partial charge in [-0.1, -0.05) is 18.2 Å². The number of ether oxygens (including phenoxy) is 1. The van der Waals surface area contributed by atoms with Gasteiger partial charge in [-0.25, -0.2) is 9.37 Å². The van der Waals surface area contributed by atoms with E-state index in [1.165, 1.54) is 0 Å². The monoisotopic (exact) mass is 366 g/mol. The van der Waals surface area contributed by atoms with E-state index in [0.717, 1.165) is 5.56 Å². The van der Waals surface area contributed by atoms with Gasteiger partial charge in [0.05, 0.1) is 17.5 Å². The fraction of sp³-hybridized carbons (Fsp3) is 0.250. The molecule has 116 valence electrons. The predicted molar refractivity (Wildman–Crippen MR) is 85.1 cm³/mol. The molecule has 0 atom stereocenters. The van der Waals surface area contributed by atoms with Crippen molar-refractivity contribution in [1.82, 2.24) is 10.3 Å². The molecule has 4 nitrogen and oxygen atoms in total. The highest BCUT2D eigenvalue weighted by Gasteiger charge is 2.11. The first-order valence-electron chi connectivity index (χ1n) is 6.88. The number of hydrogen-bond acceptors (Lipinski definition) is 3. The summed E-state index contributed by atoms with van der Waals surface area (Å²) in [6.07, 6.45) is 1.61. The van der Waals surface area contributed by atoms with Crippen molar-refractivity contribution in [1.29, 1.82) is 0 Å². The molecule has 2 aromatic rings. The lowest BCUT2D eigenvalue weighted by Crippen LogP contribution is -2.25. The molecule has 1 aromatic carbocycles. The van der Waals surface area contributed by atoms with Gasteiger partial charge in [0.1, 0.15) is 5.82 Å². The van der Waals surface area contributed by atoms with Crippen LogP contribution in [0.25, 0.3) is 0 Å². The van der Waals surface area contributed by atoms with Crippen LogP contribution in [0, 0.1) is 5.82 Å². The second kappa shape index (κ2) is 7.89. The van der Waals surface area contributed by atoms with Gasteiger partial charge in [-0.3, -0.25) is 4.79 Å². The van der Waals surface area contributed by atoms with Crippen LogP contribution in [0.4, 0.5) is 4.39 Å². The molecule has 0 aliphatic rings. The summed E-state index contributed by atoms with van der Waals surface area (Å²) in [5.41, 5.74) is 1.13. The van der Waals surface area contributed by atoms with E-state index < -0.39 is 5.82 Å². The molecule has 2 rings (SSSR count). The van der Waals surface area contributed by atoms with Gasteiger partial charge in [0.2, 0.25) is 11.8 Å². The number of carbonyl (C=O) groups excluding carboxylic acids is 1. The Hall–Kier alpha value is -1.95. The molecular weight excluding hydrogens is 351 g/mol. The fourth-order valence-electron chi connectivity index (χ4n) is 1.94. The number of amides is 1. The van der Waals surface area contributed by atoms with Crippen LogP contribution in [0.2, 0.25) is 0 Å².